The van der Waals surface area contributed by atoms with Crippen molar-refractivity contribution < 1.29 is 15.0 Å². The molecule has 0 fully saturated rings. The molecule has 2 N–H and O–H groups in total. The predicted molar refractivity (Wildman–Crippen MR) is 58.3 cm³/mol. The minimum Gasteiger partial charge on any atom is -0.507 e. The van der Waals surface area contributed by atoms with E-state index in [2.05, 4.69) is 0 Å². The van der Waals surface area contributed by atoms with Crippen LogP contribution in [0.1, 0.15) is 10.4 Å². The van der Waals surface area contributed by atoms with E-state index in [1.807, 2.05) is 18.2 Å². The number of aromatic carboxylic acids is 1. The summed E-state index contributed by atoms with van der Waals surface area (Å²) in [5.41, 5.74) is -0.0660. The van der Waals surface area contributed by atoms with E-state index in [1.165, 1.54) is 12.1 Å². The predicted octanol–water partition coefficient (Wildman–Crippen LogP) is 1.86. The number of rotatable bonds is 1. The molecule has 2 rings (SSSR count). The second-order valence-corrected chi connectivity index (χ2v) is 3.02. The van der Waals surface area contributed by atoms with Crippen LogP contribution in [0.2, 0.25) is 0 Å². The van der Waals surface area contributed by atoms with E-state index in [0.29, 0.717) is 0 Å². The van der Waals surface area contributed by atoms with Crippen LogP contribution in [-0.4, -0.2) is 53.9 Å². The van der Waals surface area contributed by atoms with Crippen LogP contribution in [0.4, 0.5) is 0 Å². The van der Waals surface area contributed by atoms with Gasteiger partial charge in [0.25, 0.3) is 0 Å². The number of carbonyl (C=O) groups is 1. The number of aromatic hydroxyl groups is 1. The zero-order valence-electron chi connectivity index (χ0n) is 7.97. The molecule has 0 aromatic heterocycles. The number of hydrogen-bond acceptors (Lipinski definition) is 2. The smallest absolute Gasteiger partial charge is 0.507 e. The quantitative estimate of drug-likeness (QED) is 0.732. The number of hydrogen-bond donors (Lipinski definition) is 2. The molecule has 0 bridgehead atoms. The average molecular weight is 228 g/mol. The first kappa shape index (κ1) is 12.3. The fourth-order valence-electron chi connectivity index (χ4n) is 1.40. The van der Waals surface area contributed by atoms with Gasteiger partial charge in [-0.15, -0.1) is 0 Å². The molecule has 0 aliphatic heterocycles. The molecule has 4 heteroatoms. The van der Waals surface area contributed by atoms with Crippen molar-refractivity contribution in [1.29, 1.82) is 0 Å². The summed E-state index contributed by atoms with van der Waals surface area (Å²) >= 11 is 0. The van der Waals surface area contributed by atoms with Crippen LogP contribution < -0.4 is 0 Å². The van der Waals surface area contributed by atoms with Crippen molar-refractivity contribution in [2.24, 2.45) is 0 Å². The van der Waals surface area contributed by atoms with Gasteiger partial charge in [-0.2, -0.15) is 0 Å². The molecule has 2 aromatic rings. The summed E-state index contributed by atoms with van der Waals surface area (Å²) in [6, 6.07) is 10.2. The minimum absolute atomic E-state index is 0. The summed E-state index contributed by atoms with van der Waals surface area (Å²) in [5.74, 6) is -1.32. The van der Waals surface area contributed by atoms with Crippen molar-refractivity contribution in [2.45, 2.75) is 0 Å². The molecule has 2 aromatic carbocycles. The van der Waals surface area contributed by atoms with Crippen LogP contribution in [-0.2, 0) is 0 Å². The van der Waals surface area contributed by atoms with E-state index >= 15 is 0 Å². The normalized spacial score (nSPS) is 9.60. The maximum absolute atomic E-state index is 10.7. The molecule has 0 saturated carbocycles. The van der Waals surface area contributed by atoms with E-state index in [-0.39, 0.29) is 49.1 Å². The number of carboxylic acids is 1. The molecular weight excluding hydrogens is 220 g/mol. The Morgan fingerprint density at radius 2 is 1.60 bits per heavy atom. The first-order valence-electron chi connectivity index (χ1n) is 4.13. The van der Waals surface area contributed by atoms with Crippen molar-refractivity contribution in [1.82, 2.24) is 0 Å². The Morgan fingerprint density at radius 3 is 2.13 bits per heavy atom. The van der Waals surface area contributed by atoms with Crippen LogP contribution in [0.25, 0.3) is 10.8 Å². The van der Waals surface area contributed by atoms with E-state index < -0.39 is 5.97 Å². The Bertz CT molecular complexity index is 508. The maximum Gasteiger partial charge on any atom is 2.00 e. The zero-order chi connectivity index (χ0) is 10.1. The summed E-state index contributed by atoms with van der Waals surface area (Å²) < 4.78 is 0. The number of fused-ring (bicyclic) bond motifs is 1. The van der Waals surface area contributed by atoms with Gasteiger partial charge >= 0.3 is 43.7 Å². The molecule has 0 aliphatic rings. The van der Waals surface area contributed by atoms with E-state index in [1.54, 1.807) is 6.07 Å². The van der Waals surface area contributed by atoms with Crippen molar-refractivity contribution in [3.8, 4) is 5.75 Å². The van der Waals surface area contributed by atoms with Crippen molar-refractivity contribution in [3.63, 3.8) is 0 Å². The molecule has 0 heterocycles. The summed E-state index contributed by atoms with van der Waals surface area (Å²) in [6.45, 7) is 0. The maximum atomic E-state index is 10.7. The van der Waals surface area contributed by atoms with Gasteiger partial charge in [-0.1, -0.05) is 24.3 Å². The number of carboxylic acid groups (broad SMARTS) is 1. The van der Waals surface area contributed by atoms with Crippen LogP contribution in [0.15, 0.2) is 36.4 Å². The van der Waals surface area contributed by atoms with Gasteiger partial charge in [0.15, 0.2) is 0 Å². The summed E-state index contributed by atoms with van der Waals surface area (Å²) in [6.07, 6.45) is 0. The molecular formula is C11H8CaO3+2. The summed E-state index contributed by atoms with van der Waals surface area (Å²) in [4.78, 5) is 10.7. The molecule has 0 atom stereocenters. The Hall–Kier alpha value is -0.770. The van der Waals surface area contributed by atoms with Crippen molar-refractivity contribution >= 4 is 54.5 Å². The van der Waals surface area contributed by atoms with Crippen LogP contribution >= 0.6 is 0 Å². The third-order valence-corrected chi connectivity index (χ3v) is 2.09. The molecule has 70 valence electrons. The topological polar surface area (TPSA) is 57.5 Å². The van der Waals surface area contributed by atoms with E-state index in [9.17, 15) is 9.90 Å². The van der Waals surface area contributed by atoms with Gasteiger partial charge < -0.3 is 10.2 Å². The Labute approximate surface area is 116 Å². The SMILES string of the molecule is O=C(O)c1cc2ccccc2cc1O.[Ca+2]. The number of benzene rings is 2. The van der Waals surface area contributed by atoms with Gasteiger partial charge in [-0.25, -0.2) is 4.79 Å². The fraction of sp³-hybridized carbons (Fsp3) is 0. The minimum atomic E-state index is -1.12. The fourth-order valence-corrected chi connectivity index (χ4v) is 1.40. The van der Waals surface area contributed by atoms with Gasteiger partial charge in [-0.3, -0.25) is 0 Å². The van der Waals surface area contributed by atoms with E-state index in [4.69, 9.17) is 5.11 Å². The van der Waals surface area contributed by atoms with Gasteiger partial charge in [-0.05, 0) is 22.9 Å². The monoisotopic (exact) mass is 228 g/mol. The second kappa shape index (κ2) is 4.84. The Morgan fingerprint density at radius 1 is 1.07 bits per heavy atom. The Kier molecular flexibility index (Phi) is 3.96. The van der Waals surface area contributed by atoms with Crippen molar-refractivity contribution in [3.05, 3.63) is 42.0 Å². The molecule has 0 amide bonds. The first-order chi connectivity index (χ1) is 6.68. The second-order valence-electron chi connectivity index (χ2n) is 3.02. The first-order valence-corrected chi connectivity index (χ1v) is 4.13. The zero-order valence-corrected chi connectivity index (χ0v) is 10.2. The van der Waals surface area contributed by atoms with Gasteiger partial charge in [0, 0.05) is 0 Å². The van der Waals surface area contributed by atoms with Gasteiger partial charge in [0.05, 0.1) is 0 Å². The summed E-state index contributed by atoms with van der Waals surface area (Å²) in [7, 11) is 0. The molecule has 0 spiro atoms. The summed E-state index contributed by atoms with van der Waals surface area (Å²) in [5, 5.41) is 19.8. The van der Waals surface area contributed by atoms with Crippen molar-refractivity contribution in [2.75, 3.05) is 0 Å². The van der Waals surface area contributed by atoms with Crippen LogP contribution in [0, 0.1) is 0 Å². The van der Waals surface area contributed by atoms with E-state index in [0.717, 1.165) is 10.8 Å². The standard InChI is InChI=1S/C11H8O3.Ca/c12-10-6-8-4-2-1-3-7(8)5-9(10)11(13)14;/h1-6,12H,(H,13,14);/q;+2. The molecule has 0 radical (unpaired) electrons. The largest absolute Gasteiger partial charge is 2.00 e. The Balaban J connectivity index is 0.00000112. The third-order valence-electron chi connectivity index (χ3n) is 2.09. The third kappa shape index (κ3) is 2.42. The molecule has 15 heavy (non-hydrogen) atoms. The van der Waals surface area contributed by atoms with Crippen LogP contribution in [0.3, 0.4) is 0 Å². The molecule has 0 saturated heterocycles. The van der Waals surface area contributed by atoms with Crippen LogP contribution in [0.5, 0.6) is 5.75 Å². The molecule has 0 unspecified atom stereocenters. The average Bonchev–Trinajstić information content (AvgIpc) is 2.16. The van der Waals surface area contributed by atoms with Gasteiger partial charge in [0.1, 0.15) is 11.3 Å². The van der Waals surface area contributed by atoms with Gasteiger partial charge in [0.2, 0.25) is 0 Å². The molecule has 3 nitrogen and oxygen atoms in total. The molecule has 0 aliphatic carbocycles. The number of phenols is 1.